The van der Waals surface area contributed by atoms with Gasteiger partial charge in [-0.05, 0) is 65.7 Å². The molecule has 12 heteroatoms. The Morgan fingerprint density at radius 1 is 0.476 bits per heavy atom. The maximum Gasteiger partial charge on any atom is 0.336 e. The quantitative estimate of drug-likeness (QED) is 0.111. The Labute approximate surface area is 236 Å². The molecule has 0 saturated heterocycles. The minimum absolute atomic E-state index is 0.0335. The largest absolute Gasteiger partial charge is 0.493 e. The minimum Gasteiger partial charge on any atom is -0.493 e. The van der Waals surface area contributed by atoms with Crippen LogP contribution in [0.4, 0.5) is 11.4 Å². The lowest BCUT2D eigenvalue weighted by atomic mass is 9.92. The summed E-state index contributed by atoms with van der Waals surface area (Å²) in [7, 11) is 0. The number of rotatable bonds is 9. The Bertz CT molecular complexity index is 1820. The van der Waals surface area contributed by atoms with Crippen molar-refractivity contribution in [2.24, 2.45) is 9.98 Å². The van der Waals surface area contributed by atoms with E-state index in [1.807, 2.05) is 0 Å². The molecule has 4 aromatic carbocycles. The van der Waals surface area contributed by atoms with Gasteiger partial charge >= 0.3 is 23.9 Å². The molecule has 0 atom stereocenters. The van der Waals surface area contributed by atoms with Gasteiger partial charge in [0.2, 0.25) is 11.8 Å². The number of carboxylic acid groups (broad SMARTS) is 4. The van der Waals surface area contributed by atoms with Gasteiger partial charge in [0.15, 0.2) is 0 Å². The second-order valence-electron chi connectivity index (χ2n) is 8.68. The van der Waals surface area contributed by atoms with Crippen LogP contribution in [-0.4, -0.2) is 66.3 Å². The zero-order valence-corrected chi connectivity index (χ0v) is 21.3. The van der Waals surface area contributed by atoms with Crippen molar-refractivity contribution in [1.82, 2.24) is 0 Å². The van der Waals surface area contributed by atoms with E-state index in [4.69, 9.17) is 0 Å². The van der Waals surface area contributed by atoms with E-state index in [2.05, 4.69) is 9.98 Å². The first-order chi connectivity index (χ1) is 20.0. The van der Waals surface area contributed by atoms with E-state index in [0.29, 0.717) is 0 Å². The average molecular weight is 568 g/mol. The van der Waals surface area contributed by atoms with Crippen LogP contribution >= 0.6 is 0 Å². The van der Waals surface area contributed by atoms with Crippen LogP contribution in [0.1, 0.15) is 52.6 Å². The second kappa shape index (κ2) is 11.8. The molecule has 42 heavy (non-hydrogen) atoms. The molecular weight excluding hydrogens is 548 g/mol. The van der Waals surface area contributed by atoms with E-state index in [1.54, 1.807) is 0 Å². The summed E-state index contributed by atoms with van der Waals surface area (Å²) in [6.45, 7) is 0. The van der Waals surface area contributed by atoms with Gasteiger partial charge in [-0.2, -0.15) is 0 Å². The monoisotopic (exact) mass is 568 g/mol. The van der Waals surface area contributed by atoms with E-state index >= 15 is 0 Å². The molecule has 0 unspecified atom stereocenters. The number of aliphatic hydroxyl groups is 2. The third-order valence-corrected chi connectivity index (χ3v) is 5.98. The molecule has 0 saturated carbocycles. The van der Waals surface area contributed by atoms with E-state index in [0.717, 1.165) is 12.1 Å². The van der Waals surface area contributed by atoms with Gasteiger partial charge in [-0.25, -0.2) is 29.2 Å². The third-order valence-electron chi connectivity index (χ3n) is 5.98. The van der Waals surface area contributed by atoms with Crippen LogP contribution in [0.15, 0.2) is 94.9 Å². The molecule has 0 aromatic heterocycles. The van der Waals surface area contributed by atoms with Crippen LogP contribution in [0.3, 0.4) is 0 Å². The number of aliphatic hydroxyl groups excluding tert-OH is 2. The van der Waals surface area contributed by atoms with Crippen molar-refractivity contribution < 1.29 is 49.8 Å². The standard InChI is InChI=1S/C30H20N2O10/c33-25(31-18-6-1-4-16(12-18)27(35)36)22-9-3-8-20(15-10-11-21(29(39)40)23(14-15)30(41)42)24(22)26(34)32-19-7-2-5-17(13-19)28(37)38/h1-14H,(H,31,33)(H,32,34)(H,35,36)(H,37,38)(H,39,40)(H,41,42). The van der Waals surface area contributed by atoms with Crippen molar-refractivity contribution in [3.05, 3.63) is 118 Å². The number of nitrogens with zero attached hydrogens (tertiary/aromatic N) is 2. The summed E-state index contributed by atoms with van der Waals surface area (Å²) in [5.41, 5.74) is -1.15. The summed E-state index contributed by atoms with van der Waals surface area (Å²) in [4.78, 5) is 54.3. The fourth-order valence-corrected chi connectivity index (χ4v) is 4.07. The van der Waals surface area contributed by atoms with Crippen molar-refractivity contribution >= 4 is 47.0 Å². The van der Waals surface area contributed by atoms with Crippen LogP contribution in [0.2, 0.25) is 0 Å². The van der Waals surface area contributed by atoms with Crippen molar-refractivity contribution in [3.63, 3.8) is 0 Å². The molecule has 0 amide bonds. The molecule has 0 aliphatic rings. The molecule has 4 aromatic rings. The van der Waals surface area contributed by atoms with Gasteiger partial charge in [-0.15, -0.1) is 0 Å². The molecule has 4 rings (SSSR count). The minimum atomic E-state index is -1.52. The van der Waals surface area contributed by atoms with Crippen LogP contribution in [0.5, 0.6) is 0 Å². The summed E-state index contributed by atoms with van der Waals surface area (Å²) >= 11 is 0. The van der Waals surface area contributed by atoms with Gasteiger partial charge in [0, 0.05) is 5.56 Å². The number of aromatic carboxylic acids is 4. The van der Waals surface area contributed by atoms with Crippen LogP contribution in [0.25, 0.3) is 11.1 Å². The molecule has 0 aliphatic carbocycles. The number of carboxylic acids is 4. The van der Waals surface area contributed by atoms with Crippen LogP contribution in [-0.2, 0) is 0 Å². The maximum absolute atomic E-state index is 11.8. The highest BCUT2D eigenvalue weighted by Gasteiger charge is 2.22. The smallest absolute Gasteiger partial charge is 0.336 e. The average Bonchev–Trinajstić information content (AvgIpc) is 2.96. The Kier molecular flexibility index (Phi) is 8.09. The lowest BCUT2D eigenvalue weighted by Gasteiger charge is -2.15. The van der Waals surface area contributed by atoms with E-state index in [9.17, 15) is 49.8 Å². The van der Waals surface area contributed by atoms with Gasteiger partial charge in [0.25, 0.3) is 0 Å². The first kappa shape index (κ1) is 28.7. The number of benzene rings is 4. The predicted molar refractivity (Wildman–Crippen MR) is 150 cm³/mol. The molecule has 6 N–H and O–H groups in total. The highest BCUT2D eigenvalue weighted by atomic mass is 16.4. The van der Waals surface area contributed by atoms with Gasteiger partial charge in [-0.1, -0.05) is 30.3 Å². The first-order valence-electron chi connectivity index (χ1n) is 11.9. The van der Waals surface area contributed by atoms with Crippen LogP contribution in [0, 0.1) is 0 Å². The molecule has 0 heterocycles. The summed E-state index contributed by atoms with van der Waals surface area (Å²) < 4.78 is 0. The van der Waals surface area contributed by atoms with Gasteiger partial charge in [-0.3, -0.25) is 0 Å². The van der Waals surface area contributed by atoms with Crippen molar-refractivity contribution in [2.45, 2.75) is 0 Å². The Morgan fingerprint density at radius 3 is 1.52 bits per heavy atom. The van der Waals surface area contributed by atoms with Gasteiger partial charge in [0.05, 0.1) is 39.2 Å². The highest BCUT2D eigenvalue weighted by Crippen LogP contribution is 2.31. The van der Waals surface area contributed by atoms with Crippen molar-refractivity contribution in [1.29, 1.82) is 0 Å². The third kappa shape index (κ3) is 6.13. The number of hydrogen-bond donors (Lipinski definition) is 6. The molecular formula is C30H20N2O10. The van der Waals surface area contributed by atoms with Gasteiger partial charge in [0.1, 0.15) is 0 Å². The first-order valence-corrected chi connectivity index (χ1v) is 11.9. The fourth-order valence-electron chi connectivity index (χ4n) is 4.07. The number of aliphatic imine (C=N–C) groups is 2. The Morgan fingerprint density at radius 2 is 1.00 bits per heavy atom. The highest BCUT2D eigenvalue weighted by molar-refractivity contribution is 6.12. The predicted octanol–water partition coefficient (Wildman–Crippen LogP) is 5.42. The SMILES string of the molecule is O=C(O)c1cccc(N=C(O)c2cccc(-c3ccc(C(=O)O)c(C(=O)O)c3)c2C(O)=Nc2cccc(C(=O)O)c2)c1. The summed E-state index contributed by atoms with van der Waals surface area (Å²) in [6, 6.07) is 18.5. The Balaban J connectivity index is 1.97. The Hall–Kier alpha value is -6.30. The second-order valence-corrected chi connectivity index (χ2v) is 8.68. The zero-order valence-electron chi connectivity index (χ0n) is 21.3. The summed E-state index contributed by atoms with van der Waals surface area (Å²) in [6.07, 6.45) is 0. The topological polar surface area (TPSA) is 214 Å². The van der Waals surface area contributed by atoms with Gasteiger partial charge < -0.3 is 30.6 Å². The molecule has 12 nitrogen and oxygen atoms in total. The zero-order chi connectivity index (χ0) is 30.6. The lowest BCUT2D eigenvalue weighted by molar-refractivity contribution is 0.0651. The molecule has 0 radical (unpaired) electrons. The van der Waals surface area contributed by atoms with E-state index < -0.39 is 46.8 Å². The molecule has 210 valence electrons. The van der Waals surface area contributed by atoms with E-state index in [1.165, 1.54) is 72.8 Å². The number of carbonyl (C=O) groups is 4. The number of hydrogen-bond acceptors (Lipinski definition) is 6. The summed E-state index contributed by atoms with van der Waals surface area (Å²) in [5, 5.41) is 59.9. The maximum atomic E-state index is 11.8. The van der Waals surface area contributed by atoms with Crippen LogP contribution < -0.4 is 0 Å². The molecule has 0 fully saturated rings. The summed E-state index contributed by atoms with van der Waals surface area (Å²) in [5.74, 6) is -6.83. The van der Waals surface area contributed by atoms with Crippen molar-refractivity contribution in [2.75, 3.05) is 0 Å². The fraction of sp³-hybridized carbons (Fsp3) is 0. The van der Waals surface area contributed by atoms with E-state index in [-0.39, 0.29) is 44.8 Å². The molecule has 0 bridgehead atoms. The van der Waals surface area contributed by atoms with Crippen molar-refractivity contribution in [3.8, 4) is 11.1 Å². The lowest BCUT2D eigenvalue weighted by Crippen LogP contribution is -2.12. The molecule has 0 aliphatic heterocycles. The molecule has 0 spiro atoms. The normalized spacial score (nSPS) is 11.6.